The lowest BCUT2D eigenvalue weighted by molar-refractivity contribution is -0.117. The van der Waals surface area contributed by atoms with Gasteiger partial charge in [-0.25, -0.2) is 4.98 Å². The molecule has 1 atom stereocenters. The fraction of sp³-hybridized carbons (Fsp3) is 0.286. The molecule has 0 fully saturated rings. The number of carbonyl (C=O) groups is 1. The van der Waals surface area contributed by atoms with E-state index in [0.717, 1.165) is 16.3 Å². The number of amides is 1. The molecule has 3 N–H and O–H groups in total. The lowest BCUT2D eigenvalue weighted by atomic mass is 10.2. The summed E-state index contributed by atoms with van der Waals surface area (Å²) in [4.78, 5) is 16.2. The number of nitrogens with two attached hydrogens (primary N) is 1. The van der Waals surface area contributed by atoms with Crippen LogP contribution in [0.3, 0.4) is 0 Å². The molecular formula is C14H17N3O2S. The van der Waals surface area contributed by atoms with E-state index in [-0.39, 0.29) is 5.91 Å². The van der Waals surface area contributed by atoms with Crippen LogP contribution in [0.5, 0.6) is 0 Å². The Labute approximate surface area is 121 Å². The Morgan fingerprint density at radius 2 is 2.40 bits per heavy atom. The highest BCUT2D eigenvalue weighted by Gasteiger charge is 2.13. The summed E-state index contributed by atoms with van der Waals surface area (Å²) in [5, 5.41) is 5.65. The summed E-state index contributed by atoms with van der Waals surface area (Å²) < 4.78 is 4.91. The molecule has 0 bridgehead atoms. The van der Waals surface area contributed by atoms with Gasteiger partial charge in [-0.2, -0.15) is 0 Å². The van der Waals surface area contributed by atoms with Crippen LogP contribution in [0.4, 0.5) is 5.69 Å². The SMILES string of the molecule is COCCC(N)C(=O)Nc1cccc(-c2nccs2)c1. The summed E-state index contributed by atoms with van der Waals surface area (Å²) >= 11 is 1.56. The second kappa shape index (κ2) is 7.14. The summed E-state index contributed by atoms with van der Waals surface area (Å²) in [6.45, 7) is 0.466. The van der Waals surface area contributed by atoms with Gasteiger partial charge in [-0.15, -0.1) is 11.3 Å². The molecule has 0 aliphatic rings. The third-order valence-corrected chi connectivity index (χ3v) is 3.60. The molecule has 5 nitrogen and oxygen atoms in total. The van der Waals surface area contributed by atoms with Gasteiger partial charge in [0.15, 0.2) is 0 Å². The first kappa shape index (κ1) is 14.6. The fourth-order valence-electron chi connectivity index (χ4n) is 1.71. The Balaban J connectivity index is 2.03. The predicted molar refractivity (Wildman–Crippen MR) is 80.6 cm³/mol. The van der Waals surface area contributed by atoms with Crippen molar-refractivity contribution < 1.29 is 9.53 Å². The van der Waals surface area contributed by atoms with E-state index in [9.17, 15) is 4.79 Å². The molecule has 2 rings (SSSR count). The van der Waals surface area contributed by atoms with Gasteiger partial charge in [0.1, 0.15) is 5.01 Å². The molecular weight excluding hydrogens is 274 g/mol. The Morgan fingerprint density at radius 3 is 3.10 bits per heavy atom. The van der Waals surface area contributed by atoms with Crippen molar-refractivity contribution in [1.82, 2.24) is 4.98 Å². The summed E-state index contributed by atoms with van der Waals surface area (Å²) in [5.74, 6) is -0.210. The molecule has 0 radical (unpaired) electrons. The van der Waals surface area contributed by atoms with Crippen LogP contribution in [0.15, 0.2) is 35.8 Å². The molecule has 20 heavy (non-hydrogen) atoms. The molecule has 1 amide bonds. The van der Waals surface area contributed by atoms with Gasteiger partial charge in [-0.1, -0.05) is 12.1 Å². The zero-order chi connectivity index (χ0) is 14.4. The van der Waals surface area contributed by atoms with Gasteiger partial charge in [0.2, 0.25) is 5.91 Å². The Hall–Kier alpha value is -1.76. The van der Waals surface area contributed by atoms with Gasteiger partial charge in [0.05, 0.1) is 6.04 Å². The second-order valence-corrected chi connectivity index (χ2v) is 5.19. The molecule has 0 aliphatic carbocycles. The molecule has 106 valence electrons. The van der Waals surface area contributed by atoms with Crippen molar-refractivity contribution in [3.8, 4) is 10.6 Å². The largest absolute Gasteiger partial charge is 0.385 e. The summed E-state index contributed by atoms with van der Waals surface area (Å²) in [6, 6.07) is 6.99. The van der Waals surface area contributed by atoms with Crippen molar-refractivity contribution in [3.05, 3.63) is 35.8 Å². The van der Waals surface area contributed by atoms with E-state index in [4.69, 9.17) is 10.5 Å². The van der Waals surface area contributed by atoms with Crippen LogP contribution in [0.1, 0.15) is 6.42 Å². The monoisotopic (exact) mass is 291 g/mol. The Bertz CT molecular complexity index is 557. The maximum atomic E-state index is 11.9. The topological polar surface area (TPSA) is 77.2 Å². The van der Waals surface area contributed by atoms with E-state index < -0.39 is 6.04 Å². The number of anilines is 1. The average molecular weight is 291 g/mol. The number of hydrogen-bond donors (Lipinski definition) is 2. The molecule has 0 saturated carbocycles. The molecule has 1 aromatic heterocycles. The van der Waals surface area contributed by atoms with Crippen molar-refractivity contribution in [2.45, 2.75) is 12.5 Å². The number of hydrogen-bond acceptors (Lipinski definition) is 5. The molecule has 1 aromatic carbocycles. The van der Waals surface area contributed by atoms with Crippen molar-refractivity contribution >= 4 is 22.9 Å². The first-order chi connectivity index (χ1) is 9.70. The minimum Gasteiger partial charge on any atom is -0.385 e. The number of rotatable bonds is 6. The number of nitrogens with one attached hydrogen (secondary N) is 1. The predicted octanol–water partition coefficient (Wildman–Crippen LogP) is 2.11. The number of benzene rings is 1. The van der Waals surface area contributed by atoms with Crippen LogP contribution < -0.4 is 11.1 Å². The number of aromatic nitrogens is 1. The Morgan fingerprint density at radius 1 is 1.55 bits per heavy atom. The van der Waals surface area contributed by atoms with Crippen LogP contribution in [-0.2, 0) is 9.53 Å². The number of carbonyl (C=O) groups excluding carboxylic acids is 1. The second-order valence-electron chi connectivity index (χ2n) is 4.30. The molecule has 6 heteroatoms. The summed E-state index contributed by atoms with van der Waals surface area (Å²) in [6.07, 6.45) is 2.25. The lowest BCUT2D eigenvalue weighted by Crippen LogP contribution is -2.36. The summed E-state index contributed by atoms with van der Waals surface area (Å²) in [5.41, 5.74) is 7.47. The van der Waals surface area contributed by atoms with Gasteiger partial charge in [-0.05, 0) is 18.6 Å². The lowest BCUT2D eigenvalue weighted by Gasteiger charge is -2.12. The first-order valence-corrected chi connectivity index (χ1v) is 7.14. The molecule has 0 spiro atoms. The summed E-state index contributed by atoms with van der Waals surface area (Å²) in [7, 11) is 1.59. The quantitative estimate of drug-likeness (QED) is 0.854. The zero-order valence-electron chi connectivity index (χ0n) is 11.2. The van der Waals surface area contributed by atoms with Crippen LogP contribution in [0.25, 0.3) is 10.6 Å². The molecule has 1 unspecified atom stereocenters. The highest BCUT2D eigenvalue weighted by atomic mass is 32.1. The van der Waals surface area contributed by atoms with Crippen LogP contribution in [0, 0.1) is 0 Å². The zero-order valence-corrected chi connectivity index (χ0v) is 12.0. The van der Waals surface area contributed by atoms with Crippen molar-refractivity contribution in [2.24, 2.45) is 5.73 Å². The van der Waals surface area contributed by atoms with E-state index in [1.54, 1.807) is 24.6 Å². The number of ether oxygens (including phenoxy) is 1. The van der Waals surface area contributed by atoms with Crippen molar-refractivity contribution in [3.63, 3.8) is 0 Å². The maximum Gasteiger partial charge on any atom is 0.241 e. The van der Waals surface area contributed by atoms with Crippen LogP contribution in [0.2, 0.25) is 0 Å². The Kier molecular flexibility index (Phi) is 5.23. The molecule has 2 aromatic rings. The van der Waals surface area contributed by atoms with Crippen LogP contribution >= 0.6 is 11.3 Å². The van der Waals surface area contributed by atoms with E-state index in [1.807, 2.05) is 29.6 Å². The minimum atomic E-state index is -0.571. The minimum absolute atomic E-state index is 0.210. The highest BCUT2D eigenvalue weighted by molar-refractivity contribution is 7.13. The highest BCUT2D eigenvalue weighted by Crippen LogP contribution is 2.24. The molecule has 1 heterocycles. The van der Waals surface area contributed by atoms with E-state index in [2.05, 4.69) is 10.3 Å². The first-order valence-electron chi connectivity index (χ1n) is 6.26. The third kappa shape index (κ3) is 3.86. The van der Waals surface area contributed by atoms with Gasteiger partial charge in [-0.3, -0.25) is 4.79 Å². The third-order valence-electron chi connectivity index (χ3n) is 2.78. The number of nitrogens with zero attached hydrogens (tertiary/aromatic N) is 1. The normalized spacial score (nSPS) is 12.1. The number of methoxy groups -OCH3 is 1. The maximum absolute atomic E-state index is 11.9. The van der Waals surface area contributed by atoms with Gasteiger partial charge in [0.25, 0.3) is 0 Å². The van der Waals surface area contributed by atoms with E-state index in [1.165, 1.54) is 0 Å². The molecule has 0 aliphatic heterocycles. The fourth-order valence-corrected chi connectivity index (χ4v) is 2.34. The van der Waals surface area contributed by atoms with E-state index >= 15 is 0 Å². The van der Waals surface area contributed by atoms with Gasteiger partial charge < -0.3 is 15.8 Å². The van der Waals surface area contributed by atoms with Gasteiger partial charge >= 0.3 is 0 Å². The standard InChI is InChI=1S/C14H17N3O2S/c1-19-7-5-12(15)13(18)17-11-4-2-3-10(9-11)14-16-6-8-20-14/h2-4,6,8-9,12H,5,7,15H2,1H3,(H,17,18). The number of thiazole rings is 1. The van der Waals surface area contributed by atoms with Crippen molar-refractivity contribution in [2.75, 3.05) is 19.0 Å². The smallest absolute Gasteiger partial charge is 0.241 e. The average Bonchev–Trinajstić information content (AvgIpc) is 2.99. The van der Waals surface area contributed by atoms with E-state index in [0.29, 0.717) is 13.0 Å². The van der Waals surface area contributed by atoms with Crippen LogP contribution in [-0.4, -0.2) is 30.6 Å². The van der Waals surface area contributed by atoms with Gasteiger partial charge in [0, 0.05) is 36.5 Å². The van der Waals surface area contributed by atoms with Crippen molar-refractivity contribution in [1.29, 1.82) is 0 Å². The molecule has 0 saturated heterocycles.